The molecule has 3 aromatic rings. The van der Waals surface area contributed by atoms with Crippen molar-refractivity contribution < 1.29 is 19.4 Å². The fourth-order valence-electron chi connectivity index (χ4n) is 4.74. The third-order valence-corrected chi connectivity index (χ3v) is 7.42. The van der Waals surface area contributed by atoms with Crippen LogP contribution in [0.4, 0.5) is 5.69 Å². The lowest BCUT2D eigenvalue weighted by Crippen LogP contribution is -2.54. The number of ether oxygens (including phenoxy) is 2. The zero-order chi connectivity index (χ0) is 29.8. The normalized spacial score (nSPS) is 17.6. The van der Waals surface area contributed by atoms with Crippen molar-refractivity contribution in [3.63, 3.8) is 0 Å². The summed E-state index contributed by atoms with van der Waals surface area (Å²) in [4.78, 5) is 22.2. The first-order chi connectivity index (χ1) is 20.5. The van der Waals surface area contributed by atoms with Crippen molar-refractivity contribution >= 4 is 33.4 Å². The first-order valence-corrected chi connectivity index (χ1v) is 14.8. The Hall–Kier alpha value is -3.89. The van der Waals surface area contributed by atoms with Gasteiger partial charge in [-0.05, 0) is 53.9 Å². The van der Waals surface area contributed by atoms with Gasteiger partial charge in [0.25, 0.3) is 5.91 Å². The van der Waals surface area contributed by atoms with Gasteiger partial charge in [0.2, 0.25) is 5.90 Å². The SMILES string of the molecule is CCCCCNNC(=O)[C@@]1(Cc2ccc(Br)cc2)N=C(c2ccc(OCCCO)cc2)O[C@H]1c1ccccc1N=[N+]=[N-]. The summed E-state index contributed by atoms with van der Waals surface area (Å²) in [5.74, 6) is 0.573. The van der Waals surface area contributed by atoms with Crippen LogP contribution in [0, 0.1) is 0 Å². The molecule has 0 aliphatic carbocycles. The molecule has 1 heterocycles. The number of hydrogen-bond donors (Lipinski definition) is 3. The molecule has 0 radical (unpaired) electrons. The molecular formula is C31H35BrN6O4. The van der Waals surface area contributed by atoms with Crippen LogP contribution in [0.15, 0.2) is 87.4 Å². The zero-order valence-electron chi connectivity index (χ0n) is 23.5. The lowest BCUT2D eigenvalue weighted by atomic mass is 9.81. The molecule has 2 atom stereocenters. The molecular weight excluding hydrogens is 600 g/mol. The minimum atomic E-state index is -1.43. The van der Waals surface area contributed by atoms with Crippen LogP contribution < -0.4 is 15.6 Å². The number of aliphatic hydroxyl groups is 1. The average molecular weight is 636 g/mol. The molecule has 1 amide bonds. The molecule has 0 spiro atoms. The Morgan fingerprint density at radius 1 is 1.12 bits per heavy atom. The van der Waals surface area contributed by atoms with E-state index in [1.807, 2.05) is 42.5 Å². The number of amides is 1. The summed E-state index contributed by atoms with van der Waals surface area (Å²) < 4.78 is 13.1. The van der Waals surface area contributed by atoms with Crippen LogP contribution in [0.5, 0.6) is 5.75 Å². The molecule has 220 valence electrons. The Balaban J connectivity index is 1.78. The highest BCUT2D eigenvalue weighted by atomic mass is 79.9. The van der Waals surface area contributed by atoms with Crippen molar-refractivity contribution in [3.8, 4) is 5.75 Å². The van der Waals surface area contributed by atoms with Crippen LogP contribution >= 0.6 is 15.9 Å². The Morgan fingerprint density at radius 3 is 2.60 bits per heavy atom. The predicted octanol–water partition coefficient (Wildman–Crippen LogP) is 6.46. The monoisotopic (exact) mass is 634 g/mol. The molecule has 0 saturated heterocycles. The van der Waals surface area contributed by atoms with E-state index in [0.29, 0.717) is 42.1 Å². The van der Waals surface area contributed by atoms with Crippen molar-refractivity contribution in [2.75, 3.05) is 19.8 Å². The van der Waals surface area contributed by atoms with E-state index < -0.39 is 11.6 Å². The highest BCUT2D eigenvalue weighted by Crippen LogP contribution is 2.45. The lowest BCUT2D eigenvalue weighted by Gasteiger charge is -2.31. The summed E-state index contributed by atoms with van der Waals surface area (Å²) in [5.41, 5.74) is 16.3. The quantitative estimate of drug-likeness (QED) is 0.0578. The number of carbonyl (C=O) groups is 1. The average Bonchev–Trinajstić information content (AvgIpc) is 3.39. The van der Waals surface area contributed by atoms with E-state index in [2.05, 4.69) is 43.7 Å². The van der Waals surface area contributed by atoms with E-state index in [1.165, 1.54) is 0 Å². The summed E-state index contributed by atoms with van der Waals surface area (Å²) >= 11 is 3.49. The van der Waals surface area contributed by atoms with Crippen molar-refractivity contribution in [1.82, 2.24) is 10.9 Å². The van der Waals surface area contributed by atoms with Gasteiger partial charge in [-0.3, -0.25) is 10.2 Å². The molecule has 1 aliphatic heterocycles. The molecule has 11 heteroatoms. The molecule has 0 bridgehead atoms. The van der Waals surface area contributed by atoms with Gasteiger partial charge in [-0.25, -0.2) is 10.4 Å². The minimum absolute atomic E-state index is 0.0530. The second kappa shape index (κ2) is 15.4. The van der Waals surface area contributed by atoms with Crippen LogP contribution in [0.25, 0.3) is 10.4 Å². The van der Waals surface area contributed by atoms with Crippen LogP contribution in [-0.4, -0.2) is 42.2 Å². The molecule has 10 nitrogen and oxygen atoms in total. The predicted molar refractivity (Wildman–Crippen MR) is 165 cm³/mol. The Labute approximate surface area is 253 Å². The number of aliphatic hydroxyl groups excluding tert-OH is 1. The first kappa shape index (κ1) is 31.1. The molecule has 0 saturated carbocycles. The van der Waals surface area contributed by atoms with E-state index in [9.17, 15) is 10.3 Å². The van der Waals surface area contributed by atoms with Gasteiger partial charge in [0.05, 0.1) is 6.61 Å². The smallest absolute Gasteiger partial charge is 0.266 e. The third kappa shape index (κ3) is 7.68. The van der Waals surface area contributed by atoms with Crippen LogP contribution in [0.2, 0.25) is 0 Å². The second-order valence-corrected chi connectivity index (χ2v) is 10.8. The number of nitrogens with zero attached hydrogens (tertiary/aromatic N) is 4. The number of benzene rings is 3. The van der Waals surface area contributed by atoms with Crippen LogP contribution in [0.1, 0.15) is 55.4 Å². The maximum atomic E-state index is 14.2. The van der Waals surface area contributed by atoms with Crippen LogP contribution in [0.3, 0.4) is 0 Å². The number of halogens is 1. The third-order valence-electron chi connectivity index (χ3n) is 6.90. The van der Waals surface area contributed by atoms with Gasteiger partial charge in [0.15, 0.2) is 11.6 Å². The molecule has 0 fully saturated rings. The van der Waals surface area contributed by atoms with E-state index in [0.717, 1.165) is 29.3 Å². The largest absolute Gasteiger partial charge is 0.494 e. The number of unbranched alkanes of at least 4 members (excludes halogenated alkanes) is 2. The fourth-order valence-corrected chi connectivity index (χ4v) is 5.00. The van der Waals surface area contributed by atoms with E-state index in [1.54, 1.807) is 30.3 Å². The van der Waals surface area contributed by atoms with Gasteiger partial charge in [-0.15, -0.1) is 0 Å². The summed E-state index contributed by atoms with van der Waals surface area (Å²) in [6, 6.07) is 22.0. The number of aliphatic imine (C=N–C) groups is 1. The Morgan fingerprint density at radius 2 is 1.88 bits per heavy atom. The Bertz CT molecular complexity index is 1410. The maximum Gasteiger partial charge on any atom is 0.266 e. The van der Waals surface area contributed by atoms with Crippen molar-refractivity contribution in [1.29, 1.82) is 0 Å². The standard InChI is InChI=1S/C31H35BrN6O4/c1-2-3-6-18-34-37-30(40)31(21-22-10-14-24(32)15-11-22)28(26-8-4-5-9-27(26)36-38-33)42-29(35-31)23-12-16-25(17-13-23)41-20-7-19-39/h4-5,8-17,28,34,39H,2-3,6-7,18-21H2,1H3,(H,37,40)/t28-,31-/m0/s1. The van der Waals surface area contributed by atoms with Gasteiger partial charge in [-0.2, -0.15) is 0 Å². The molecule has 4 rings (SSSR count). The molecule has 3 aromatic carbocycles. The second-order valence-electron chi connectivity index (χ2n) is 9.93. The first-order valence-electron chi connectivity index (χ1n) is 14.0. The molecule has 0 unspecified atom stereocenters. The van der Waals surface area contributed by atoms with Gasteiger partial charge < -0.3 is 14.6 Å². The molecule has 42 heavy (non-hydrogen) atoms. The van der Waals surface area contributed by atoms with Gasteiger partial charge in [0.1, 0.15) is 5.75 Å². The number of azide groups is 1. The summed E-state index contributed by atoms with van der Waals surface area (Å²) in [6.45, 7) is 3.19. The van der Waals surface area contributed by atoms with Gasteiger partial charge in [-0.1, -0.05) is 77.2 Å². The Kier molecular flexibility index (Phi) is 11.4. The summed E-state index contributed by atoms with van der Waals surface area (Å²) in [5, 5.41) is 12.9. The lowest BCUT2D eigenvalue weighted by molar-refractivity contribution is -0.130. The molecule has 1 aliphatic rings. The highest BCUT2D eigenvalue weighted by molar-refractivity contribution is 9.10. The van der Waals surface area contributed by atoms with Gasteiger partial charge >= 0.3 is 0 Å². The van der Waals surface area contributed by atoms with Crippen molar-refractivity contribution in [3.05, 3.63) is 104 Å². The molecule has 3 N–H and O–H groups in total. The molecule has 0 aromatic heterocycles. The summed E-state index contributed by atoms with van der Waals surface area (Å²) in [7, 11) is 0. The minimum Gasteiger partial charge on any atom is -0.494 e. The van der Waals surface area contributed by atoms with Crippen LogP contribution in [-0.2, 0) is 16.0 Å². The topological polar surface area (TPSA) is 141 Å². The van der Waals surface area contributed by atoms with E-state index >= 15 is 0 Å². The number of hydrogen-bond acceptors (Lipinski definition) is 7. The number of nitrogens with one attached hydrogen (secondary N) is 2. The fraction of sp³-hybridized carbons (Fsp3) is 0.355. The number of carbonyl (C=O) groups excluding carboxylic acids is 1. The van der Waals surface area contributed by atoms with Gasteiger partial charge in [0, 0.05) is 52.2 Å². The van der Waals surface area contributed by atoms with E-state index in [4.69, 9.17) is 19.6 Å². The number of rotatable bonds is 15. The van der Waals surface area contributed by atoms with Crippen molar-refractivity contribution in [2.24, 2.45) is 10.1 Å². The summed E-state index contributed by atoms with van der Waals surface area (Å²) in [6.07, 6.45) is 2.88. The highest BCUT2D eigenvalue weighted by Gasteiger charge is 2.54. The number of hydrazine groups is 1. The van der Waals surface area contributed by atoms with Crippen molar-refractivity contribution in [2.45, 2.75) is 50.7 Å². The zero-order valence-corrected chi connectivity index (χ0v) is 25.1. The van der Waals surface area contributed by atoms with E-state index in [-0.39, 0.29) is 24.8 Å². The maximum absolute atomic E-state index is 14.2.